The topological polar surface area (TPSA) is 38.9 Å². The van der Waals surface area contributed by atoms with Crippen molar-refractivity contribution in [3.8, 4) is 0 Å². The fourth-order valence-corrected chi connectivity index (χ4v) is 1.02. The molecule has 1 aromatic heterocycles. The molecule has 0 bridgehead atoms. The van der Waals surface area contributed by atoms with Crippen molar-refractivity contribution in [2.75, 3.05) is 5.73 Å². The average Bonchev–Trinajstić information content (AvgIpc) is 1.82. The van der Waals surface area contributed by atoms with Gasteiger partial charge in [0.25, 0.3) is 0 Å². The zero-order valence-electron chi connectivity index (χ0n) is 5.69. The first-order valence-electron chi connectivity index (χ1n) is 2.89. The number of nitrogens with two attached hydrogens (primary N) is 1. The summed E-state index contributed by atoms with van der Waals surface area (Å²) in [4.78, 5) is 3.40. The smallest absolute Gasteiger partial charge is 0.397 e. The van der Waals surface area contributed by atoms with E-state index >= 15 is 0 Å². The molecule has 0 unspecified atom stereocenters. The predicted molar refractivity (Wildman–Crippen MR) is 38.7 cm³/mol. The van der Waals surface area contributed by atoms with Gasteiger partial charge in [-0.3, -0.25) is 4.98 Å². The number of hydrogen-bond donors (Lipinski definition) is 1. The Bertz CT molecular complexity index is 277. The van der Waals surface area contributed by atoms with Crippen molar-refractivity contribution in [3.63, 3.8) is 0 Å². The van der Waals surface area contributed by atoms with Crippen LogP contribution in [0.2, 0.25) is 5.02 Å². The van der Waals surface area contributed by atoms with Crippen LogP contribution >= 0.6 is 11.6 Å². The molecule has 0 aliphatic rings. The minimum absolute atomic E-state index is 0.463. The molecule has 0 amide bonds. The lowest BCUT2D eigenvalue weighted by atomic mass is 10.2. The monoisotopic (exact) mass is 196 g/mol. The molecule has 0 saturated carbocycles. The molecule has 0 saturated heterocycles. The van der Waals surface area contributed by atoms with E-state index < -0.39 is 22.4 Å². The van der Waals surface area contributed by atoms with E-state index in [2.05, 4.69) is 4.98 Å². The molecule has 1 rings (SSSR count). The van der Waals surface area contributed by atoms with Crippen LogP contribution in [0.3, 0.4) is 0 Å². The maximum atomic E-state index is 12.1. The first kappa shape index (κ1) is 9.12. The summed E-state index contributed by atoms with van der Waals surface area (Å²) in [6.45, 7) is 0. The predicted octanol–water partition coefficient (Wildman–Crippen LogP) is 2.34. The number of anilines is 1. The van der Waals surface area contributed by atoms with Gasteiger partial charge in [-0.2, -0.15) is 13.2 Å². The molecule has 0 aliphatic heterocycles. The van der Waals surface area contributed by atoms with Gasteiger partial charge in [-0.1, -0.05) is 11.6 Å². The van der Waals surface area contributed by atoms with E-state index in [-0.39, 0.29) is 0 Å². The Morgan fingerprint density at radius 1 is 1.33 bits per heavy atom. The third-order valence-electron chi connectivity index (χ3n) is 1.21. The van der Waals surface area contributed by atoms with Crippen molar-refractivity contribution in [3.05, 3.63) is 23.0 Å². The number of rotatable bonds is 0. The van der Waals surface area contributed by atoms with Crippen LogP contribution < -0.4 is 5.73 Å². The Morgan fingerprint density at radius 3 is 2.25 bits per heavy atom. The second-order valence-electron chi connectivity index (χ2n) is 2.08. The summed E-state index contributed by atoms with van der Waals surface area (Å²) in [6.07, 6.45) is -2.71. The van der Waals surface area contributed by atoms with Gasteiger partial charge in [-0.15, -0.1) is 0 Å². The van der Waals surface area contributed by atoms with Crippen molar-refractivity contribution in [2.45, 2.75) is 6.18 Å². The van der Waals surface area contributed by atoms with Crippen LogP contribution in [0.5, 0.6) is 0 Å². The molecule has 12 heavy (non-hydrogen) atoms. The fourth-order valence-electron chi connectivity index (χ4n) is 0.749. The third kappa shape index (κ3) is 1.61. The van der Waals surface area contributed by atoms with Gasteiger partial charge in [0.15, 0.2) is 0 Å². The van der Waals surface area contributed by atoms with Gasteiger partial charge < -0.3 is 5.73 Å². The largest absolute Gasteiger partial charge is 0.419 e. The standard InChI is InChI=1S/C6H4ClF3N2/c7-3-1-12-2-4(11)5(3)6(8,9)10/h1-2H,11H2. The van der Waals surface area contributed by atoms with Crippen molar-refractivity contribution in [1.29, 1.82) is 0 Å². The van der Waals surface area contributed by atoms with Gasteiger partial charge >= 0.3 is 6.18 Å². The van der Waals surface area contributed by atoms with Crippen molar-refractivity contribution >= 4 is 17.3 Å². The Balaban J connectivity index is 3.31. The zero-order chi connectivity index (χ0) is 9.35. The van der Waals surface area contributed by atoms with Gasteiger partial charge in [0.2, 0.25) is 0 Å². The van der Waals surface area contributed by atoms with Crippen LogP contribution in [-0.4, -0.2) is 4.98 Å². The normalized spacial score (nSPS) is 11.7. The number of hydrogen-bond acceptors (Lipinski definition) is 2. The molecule has 0 atom stereocenters. The van der Waals surface area contributed by atoms with Crippen molar-refractivity contribution in [1.82, 2.24) is 4.98 Å². The van der Waals surface area contributed by atoms with Crippen molar-refractivity contribution in [2.24, 2.45) is 0 Å². The molecule has 0 fully saturated rings. The first-order valence-corrected chi connectivity index (χ1v) is 3.27. The summed E-state index contributed by atoms with van der Waals surface area (Å²) < 4.78 is 36.4. The van der Waals surface area contributed by atoms with E-state index in [0.717, 1.165) is 12.4 Å². The number of nitrogens with zero attached hydrogens (tertiary/aromatic N) is 1. The molecule has 1 heterocycles. The van der Waals surface area contributed by atoms with Crippen LogP contribution in [-0.2, 0) is 6.18 Å². The summed E-state index contributed by atoms with van der Waals surface area (Å²) in [5, 5.41) is -0.484. The Morgan fingerprint density at radius 2 is 1.92 bits per heavy atom. The molecule has 0 radical (unpaired) electrons. The SMILES string of the molecule is Nc1cncc(Cl)c1C(F)(F)F. The summed E-state index contributed by atoms with van der Waals surface area (Å²) in [5.74, 6) is 0. The number of nitrogen functional groups attached to an aromatic ring is 1. The summed E-state index contributed by atoms with van der Waals surface area (Å²) >= 11 is 5.25. The molecule has 0 aliphatic carbocycles. The highest BCUT2D eigenvalue weighted by Gasteiger charge is 2.35. The van der Waals surface area contributed by atoms with Gasteiger partial charge in [-0.05, 0) is 0 Å². The molecule has 6 heteroatoms. The first-order chi connectivity index (χ1) is 5.43. The molecule has 0 spiro atoms. The lowest BCUT2D eigenvalue weighted by Gasteiger charge is -2.10. The molecule has 2 nitrogen and oxygen atoms in total. The Hall–Kier alpha value is -0.970. The van der Waals surface area contributed by atoms with Crippen LogP contribution in [0.15, 0.2) is 12.4 Å². The molecule has 66 valence electrons. The van der Waals surface area contributed by atoms with Crippen LogP contribution in [0, 0.1) is 0 Å². The van der Waals surface area contributed by atoms with E-state index in [4.69, 9.17) is 17.3 Å². The second kappa shape index (κ2) is 2.82. The van der Waals surface area contributed by atoms with E-state index in [1.54, 1.807) is 0 Å². The van der Waals surface area contributed by atoms with Crippen molar-refractivity contribution < 1.29 is 13.2 Å². The summed E-state index contributed by atoms with van der Waals surface area (Å²) in [5.41, 5.74) is 3.55. The van der Waals surface area contributed by atoms with Gasteiger partial charge in [0.1, 0.15) is 5.56 Å². The highest BCUT2D eigenvalue weighted by atomic mass is 35.5. The summed E-state index contributed by atoms with van der Waals surface area (Å²) in [7, 11) is 0. The molecule has 2 N–H and O–H groups in total. The fraction of sp³-hybridized carbons (Fsp3) is 0.167. The van der Waals surface area contributed by atoms with E-state index in [9.17, 15) is 13.2 Å². The van der Waals surface area contributed by atoms with Crippen LogP contribution in [0.25, 0.3) is 0 Å². The average molecular weight is 197 g/mol. The zero-order valence-corrected chi connectivity index (χ0v) is 6.45. The molecule has 0 aromatic carbocycles. The number of alkyl halides is 3. The van der Waals surface area contributed by atoms with E-state index in [1.165, 1.54) is 0 Å². The quantitative estimate of drug-likeness (QED) is 0.692. The van der Waals surface area contributed by atoms with Gasteiger partial charge in [0.05, 0.1) is 16.9 Å². The summed E-state index contributed by atoms with van der Waals surface area (Å²) in [6, 6.07) is 0. The maximum Gasteiger partial charge on any atom is 0.419 e. The number of pyridine rings is 1. The molecular formula is C6H4ClF3N2. The Kier molecular flexibility index (Phi) is 2.14. The molecular weight excluding hydrogens is 193 g/mol. The minimum atomic E-state index is -4.52. The minimum Gasteiger partial charge on any atom is -0.397 e. The number of aromatic nitrogens is 1. The van der Waals surface area contributed by atoms with Gasteiger partial charge in [-0.25, -0.2) is 0 Å². The van der Waals surface area contributed by atoms with Crippen LogP contribution in [0.4, 0.5) is 18.9 Å². The van der Waals surface area contributed by atoms with Gasteiger partial charge in [0, 0.05) is 6.20 Å². The Labute approximate surface area is 71.2 Å². The second-order valence-corrected chi connectivity index (χ2v) is 2.49. The van der Waals surface area contributed by atoms with Crippen LogP contribution in [0.1, 0.15) is 5.56 Å². The van der Waals surface area contributed by atoms with E-state index in [0.29, 0.717) is 0 Å². The molecule has 1 aromatic rings. The third-order valence-corrected chi connectivity index (χ3v) is 1.50. The number of halogens is 4. The maximum absolute atomic E-state index is 12.1. The highest BCUT2D eigenvalue weighted by molar-refractivity contribution is 6.31. The highest BCUT2D eigenvalue weighted by Crippen LogP contribution is 2.37. The lowest BCUT2D eigenvalue weighted by molar-refractivity contribution is -0.136. The van der Waals surface area contributed by atoms with E-state index in [1.807, 2.05) is 0 Å². The lowest BCUT2D eigenvalue weighted by Crippen LogP contribution is -2.10.